The van der Waals surface area contributed by atoms with Crippen LogP contribution in [0.2, 0.25) is 0 Å². The van der Waals surface area contributed by atoms with Gasteiger partial charge in [-0.25, -0.2) is 0 Å². The Morgan fingerprint density at radius 1 is 0.585 bits per heavy atom. The van der Waals surface area contributed by atoms with Crippen LogP contribution in [0.15, 0.2) is 36.5 Å². The monoisotopic (exact) mass is 770 g/mol. The summed E-state index contributed by atoms with van der Waals surface area (Å²) in [6.45, 7) is 4.15. The average molecular weight is 770 g/mol. The molecule has 0 radical (unpaired) electrons. The molecule has 0 aromatic rings. The van der Waals surface area contributed by atoms with E-state index in [1.807, 2.05) is 21.1 Å². The van der Waals surface area contributed by atoms with Crippen molar-refractivity contribution in [1.29, 1.82) is 0 Å². The summed E-state index contributed by atoms with van der Waals surface area (Å²) >= 11 is 0. The second-order valence-electron chi connectivity index (χ2n) is 15.4. The maximum atomic E-state index is 12.6. The smallest absolute Gasteiger partial charge is 0.306 e. The number of likely N-dealkylation sites (N-methyl/N-ethyl adjacent to an activating group) is 1. The Bertz CT molecular complexity index is 1010. The molecule has 0 aliphatic heterocycles. The summed E-state index contributed by atoms with van der Waals surface area (Å²) in [5, 5.41) is 0. The van der Waals surface area contributed by atoms with Gasteiger partial charge in [-0.05, 0) is 51.4 Å². The largest absolute Gasteiger partial charge is 0.756 e. The van der Waals surface area contributed by atoms with E-state index < -0.39 is 32.5 Å². The van der Waals surface area contributed by atoms with E-state index in [0.29, 0.717) is 17.4 Å². The van der Waals surface area contributed by atoms with Crippen LogP contribution in [-0.2, 0) is 32.7 Å². The number of phosphoric ester groups is 1. The van der Waals surface area contributed by atoms with Crippen molar-refractivity contribution in [2.45, 2.75) is 180 Å². The summed E-state index contributed by atoms with van der Waals surface area (Å²) < 4.78 is 33.8. The molecule has 0 bridgehead atoms. The number of rotatable bonds is 38. The van der Waals surface area contributed by atoms with E-state index in [9.17, 15) is 19.0 Å². The van der Waals surface area contributed by atoms with Crippen molar-refractivity contribution in [2.75, 3.05) is 47.5 Å². The van der Waals surface area contributed by atoms with Gasteiger partial charge in [0.05, 0.1) is 27.7 Å². The number of esters is 2. The SMILES string of the molecule is CCCCC/C=C\C/C=C\C/C=C\CCCCC(=O)O[C@H](COC(=O)CCCCCCCCCCCCCCCC)COP(=O)([O-])OCC[N+](C)(C)C. The number of nitrogens with zero attached hydrogens (tertiary/aromatic N) is 1. The first-order valence-corrected chi connectivity index (χ1v) is 22.7. The van der Waals surface area contributed by atoms with Gasteiger partial charge in [0.25, 0.3) is 7.82 Å². The van der Waals surface area contributed by atoms with Crippen molar-refractivity contribution >= 4 is 19.8 Å². The number of carbonyl (C=O) groups excluding carboxylic acids is 2. The van der Waals surface area contributed by atoms with E-state index in [-0.39, 0.29) is 26.1 Å². The van der Waals surface area contributed by atoms with Gasteiger partial charge in [-0.1, -0.05) is 147 Å². The minimum atomic E-state index is -4.63. The maximum absolute atomic E-state index is 12.6. The fourth-order valence-electron chi connectivity index (χ4n) is 5.54. The number of allylic oxidation sites excluding steroid dienone is 6. The van der Waals surface area contributed by atoms with Crippen LogP contribution in [0.4, 0.5) is 0 Å². The summed E-state index contributed by atoms with van der Waals surface area (Å²) in [6, 6.07) is 0. The highest BCUT2D eigenvalue weighted by Crippen LogP contribution is 2.38. The quantitative estimate of drug-likeness (QED) is 0.0201. The minimum absolute atomic E-state index is 0.0375. The lowest BCUT2D eigenvalue weighted by Gasteiger charge is -2.28. The summed E-state index contributed by atoms with van der Waals surface area (Å²) in [6.07, 6.45) is 38.8. The zero-order valence-corrected chi connectivity index (χ0v) is 35.6. The lowest BCUT2D eigenvalue weighted by Crippen LogP contribution is -2.37. The van der Waals surface area contributed by atoms with Crippen LogP contribution < -0.4 is 4.89 Å². The third kappa shape index (κ3) is 39.7. The zero-order chi connectivity index (χ0) is 39.3. The highest BCUT2D eigenvalue weighted by atomic mass is 31.2. The Labute approximate surface area is 325 Å². The fourth-order valence-corrected chi connectivity index (χ4v) is 6.27. The van der Waals surface area contributed by atoms with Gasteiger partial charge < -0.3 is 27.9 Å². The summed E-state index contributed by atoms with van der Waals surface area (Å²) in [5.74, 6) is -0.877. The van der Waals surface area contributed by atoms with Crippen LogP contribution in [0.3, 0.4) is 0 Å². The highest BCUT2D eigenvalue weighted by molar-refractivity contribution is 7.45. The average Bonchev–Trinajstić information content (AvgIpc) is 3.10. The molecule has 0 aliphatic carbocycles. The lowest BCUT2D eigenvalue weighted by atomic mass is 10.0. The molecule has 0 aromatic heterocycles. The van der Waals surface area contributed by atoms with Crippen LogP contribution in [0.1, 0.15) is 174 Å². The molecular formula is C43H80NO8P. The molecule has 10 heteroatoms. The predicted octanol–water partition coefficient (Wildman–Crippen LogP) is 11.1. The second kappa shape index (κ2) is 35.9. The van der Waals surface area contributed by atoms with Gasteiger partial charge in [0.2, 0.25) is 0 Å². The minimum Gasteiger partial charge on any atom is -0.756 e. The molecule has 0 saturated carbocycles. The molecule has 53 heavy (non-hydrogen) atoms. The normalized spacial score (nSPS) is 14.0. The molecule has 0 spiro atoms. The van der Waals surface area contributed by atoms with Gasteiger partial charge in [0, 0.05) is 12.8 Å². The van der Waals surface area contributed by atoms with E-state index in [0.717, 1.165) is 51.4 Å². The van der Waals surface area contributed by atoms with Crippen LogP contribution in [0.5, 0.6) is 0 Å². The Balaban J connectivity index is 4.45. The number of phosphoric acid groups is 1. The molecule has 2 atom stereocenters. The van der Waals surface area contributed by atoms with Crippen molar-refractivity contribution in [2.24, 2.45) is 0 Å². The summed E-state index contributed by atoms with van der Waals surface area (Å²) in [7, 11) is 1.14. The molecule has 0 rings (SSSR count). The highest BCUT2D eigenvalue weighted by Gasteiger charge is 2.21. The molecule has 0 saturated heterocycles. The molecule has 0 N–H and O–H groups in total. The Kier molecular flexibility index (Phi) is 34.7. The molecule has 310 valence electrons. The van der Waals surface area contributed by atoms with E-state index in [1.165, 1.54) is 89.9 Å². The van der Waals surface area contributed by atoms with Crippen LogP contribution in [0, 0.1) is 0 Å². The van der Waals surface area contributed by atoms with Gasteiger partial charge in [0.15, 0.2) is 6.10 Å². The van der Waals surface area contributed by atoms with Crippen LogP contribution >= 0.6 is 7.82 Å². The Morgan fingerprint density at radius 3 is 1.55 bits per heavy atom. The molecule has 0 fully saturated rings. The maximum Gasteiger partial charge on any atom is 0.306 e. The van der Waals surface area contributed by atoms with E-state index in [2.05, 4.69) is 50.3 Å². The predicted molar refractivity (Wildman–Crippen MR) is 217 cm³/mol. The van der Waals surface area contributed by atoms with E-state index >= 15 is 0 Å². The number of hydrogen-bond acceptors (Lipinski definition) is 8. The van der Waals surface area contributed by atoms with E-state index in [1.54, 1.807) is 0 Å². The number of unbranched alkanes of at least 4 members (excludes halogenated alkanes) is 18. The van der Waals surface area contributed by atoms with Crippen LogP contribution in [-0.4, -0.2) is 70.0 Å². The lowest BCUT2D eigenvalue weighted by molar-refractivity contribution is -0.870. The van der Waals surface area contributed by atoms with Gasteiger partial charge >= 0.3 is 11.9 Å². The summed E-state index contributed by atoms with van der Waals surface area (Å²) in [5.41, 5.74) is 0. The Morgan fingerprint density at radius 2 is 1.02 bits per heavy atom. The zero-order valence-electron chi connectivity index (χ0n) is 34.7. The van der Waals surface area contributed by atoms with Crippen LogP contribution in [0.25, 0.3) is 0 Å². The fraction of sp³-hybridized carbons (Fsp3) is 0.814. The van der Waals surface area contributed by atoms with Crippen molar-refractivity contribution < 1.29 is 42.1 Å². The first-order valence-electron chi connectivity index (χ1n) is 21.2. The number of hydrogen-bond donors (Lipinski definition) is 0. The topological polar surface area (TPSA) is 111 Å². The molecular weight excluding hydrogens is 689 g/mol. The van der Waals surface area contributed by atoms with Gasteiger partial charge in [-0.3, -0.25) is 14.2 Å². The number of carbonyl (C=O) groups is 2. The third-order valence-corrected chi connectivity index (χ3v) is 9.88. The number of quaternary nitrogens is 1. The first kappa shape index (κ1) is 51.2. The van der Waals surface area contributed by atoms with Gasteiger partial charge in [0.1, 0.15) is 19.8 Å². The van der Waals surface area contributed by atoms with Gasteiger partial charge in [-0.2, -0.15) is 0 Å². The second-order valence-corrected chi connectivity index (χ2v) is 16.8. The molecule has 1 unspecified atom stereocenters. The molecule has 9 nitrogen and oxygen atoms in total. The van der Waals surface area contributed by atoms with E-state index in [4.69, 9.17) is 18.5 Å². The number of ether oxygens (including phenoxy) is 2. The standard InChI is InChI=1S/C43H80NO8P/c1-6-8-10-12-14-16-18-20-22-24-26-28-30-32-34-36-43(46)52-41(40-51-53(47,48)50-38-37-44(3,4)5)39-49-42(45)35-33-31-29-27-25-23-21-19-17-15-13-11-9-7-2/h14,16,20,22,26,28,41H,6-13,15,17-19,21,23-25,27,29-40H2,1-5H3/b16-14-,22-20-,28-26-/t41-/m1/s1. The van der Waals surface area contributed by atoms with Crippen molar-refractivity contribution in [3.8, 4) is 0 Å². The molecule has 0 aliphatic rings. The summed E-state index contributed by atoms with van der Waals surface area (Å²) in [4.78, 5) is 37.4. The van der Waals surface area contributed by atoms with Crippen molar-refractivity contribution in [1.82, 2.24) is 0 Å². The molecule has 0 amide bonds. The molecule has 0 heterocycles. The first-order chi connectivity index (χ1) is 25.5. The van der Waals surface area contributed by atoms with Gasteiger partial charge in [-0.15, -0.1) is 0 Å². The van der Waals surface area contributed by atoms with Crippen molar-refractivity contribution in [3.05, 3.63) is 36.5 Å². The Hall–Kier alpha value is -1.77. The third-order valence-electron chi connectivity index (χ3n) is 8.91. The molecule has 0 aromatic carbocycles. The van der Waals surface area contributed by atoms with Crippen molar-refractivity contribution in [3.63, 3.8) is 0 Å².